The van der Waals surface area contributed by atoms with Crippen LogP contribution in [0.15, 0.2) is 23.8 Å². The van der Waals surface area contributed by atoms with Crippen LogP contribution in [-0.2, 0) is 4.79 Å². The van der Waals surface area contributed by atoms with E-state index in [4.69, 9.17) is 0 Å². The molecule has 0 aromatic carbocycles. The minimum absolute atomic E-state index is 0.217. The number of allylic oxidation sites excluding steroid dienone is 4. The fraction of sp³-hybridized carbons (Fsp3) is 0.643. The molecule has 0 amide bonds. The minimum Gasteiger partial charge on any atom is -0.294 e. The molecule has 0 aliphatic heterocycles. The van der Waals surface area contributed by atoms with Crippen LogP contribution in [0, 0.1) is 17.3 Å². The van der Waals surface area contributed by atoms with E-state index in [1.165, 1.54) is 0 Å². The van der Waals surface area contributed by atoms with E-state index in [0.29, 0.717) is 17.6 Å². The van der Waals surface area contributed by atoms with Crippen molar-refractivity contribution in [3.8, 4) is 0 Å². The molecular weight excluding hydrogens is 184 g/mol. The molecule has 0 radical (unpaired) electrons. The van der Waals surface area contributed by atoms with E-state index < -0.39 is 0 Å². The quantitative estimate of drug-likeness (QED) is 0.496. The summed E-state index contributed by atoms with van der Waals surface area (Å²) in [5, 5.41) is 0. The van der Waals surface area contributed by atoms with E-state index in [0.717, 1.165) is 12.0 Å². The number of carbonyl (C=O) groups excluding carboxylic acids is 1. The lowest BCUT2D eigenvalue weighted by atomic mass is 9.61. The fourth-order valence-electron chi connectivity index (χ4n) is 2.37. The van der Waals surface area contributed by atoms with Crippen LogP contribution < -0.4 is 0 Å². The standard InChI is InChI=1S/C14H22O/c1-6-10(2)13(15)14(5)11(3)8-7-9-12(14)4/h6-8,11-12H,9H2,1-5H3/b10-6+. The molecule has 15 heavy (non-hydrogen) atoms. The Labute approximate surface area is 93.3 Å². The van der Waals surface area contributed by atoms with Gasteiger partial charge in [-0.05, 0) is 37.7 Å². The van der Waals surface area contributed by atoms with E-state index >= 15 is 0 Å². The van der Waals surface area contributed by atoms with E-state index in [2.05, 4.69) is 32.9 Å². The van der Waals surface area contributed by atoms with Crippen molar-refractivity contribution in [2.24, 2.45) is 17.3 Å². The van der Waals surface area contributed by atoms with Gasteiger partial charge < -0.3 is 0 Å². The summed E-state index contributed by atoms with van der Waals surface area (Å²) in [7, 11) is 0. The van der Waals surface area contributed by atoms with Crippen LogP contribution >= 0.6 is 0 Å². The molecule has 1 aliphatic carbocycles. The summed E-state index contributed by atoms with van der Waals surface area (Å²) in [5.41, 5.74) is 0.678. The third kappa shape index (κ3) is 1.92. The zero-order valence-electron chi connectivity index (χ0n) is 10.5. The molecule has 0 aromatic heterocycles. The molecule has 1 aliphatic rings. The lowest BCUT2D eigenvalue weighted by Gasteiger charge is -2.41. The van der Waals surface area contributed by atoms with Crippen molar-refractivity contribution < 1.29 is 4.79 Å². The normalized spacial score (nSPS) is 36.7. The van der Waals surface area contributed by atoms with Gasteiger partial charge in [0.1, 0.15) is 0 Å². The Morgan fingerprint density at radius 3 is 2.53 bits per heavy atom. The minimum atomic E-state index is -0.217. The second-order valence-electron chi connectivity index (χ2n) is 4.94. The summed E-state index contributed by atoms with van der Waals surface area (Å²) in [6.45, 7) is 10.3. The highest BCUT2D eigenvalue weighted by Gasteiger charge is 2.43. The Morgan fingerprint density at radius 2 is 2.07 bits per heavy atom. The maximum atomic E-state index is 12.4. The van der Waals surface area contributed by atoms with Crippen LogP contribution in [0.5, 0.6) is 0 Å². The maximum absolute atomic E-state index is 12.4. The summed E-state index contributed by atoms with van der Waals surface area (Å²) >= 11 is 0. The van der Waals surface area contributed by atoms with Crippen LogP contribution in [0.25, 0.3) is 0 Å². The third-order valence-corrected chi connectivity index (χ3v) is 4.16. The molecule has 3 atom stereocenters. The molecule has 1 heteroatoms. The first-order valence-corrected chi connectivity index (χ1v) is 5.79. The molecule has 0 N–H and O–H groups in total. The van der Waals surface area contributed by atoms with Gasteiger partial charge in [0.2, 0.25) is 0 Å². The molecular formula is C14H22O. The van der Waals surface area contributed by atoms with Gasteiger partial charge >= 0.3 is 0 Å². The van der Waals surface area contributed by atoms with Gasteiger partial charge in [-0.15, -0.1) is 0 Å². The Balaban J connectivity index is 3.08. The molecule has 84 valence electrons. The van der Waals surface area contributed by atoms with Crippen LogP contribution in [0.4, 0.5) is 0 Å². The SMILES string of the molecule is C/C=C(\C)C(=O)C1(C)C(C)C=CCC1C. The van der Waals surface area contributed by atoms with E-state index in [-0.39, 0.29) is 5.41 Å². The molecule has 0 aromatic rings. The second-order valence-corrected chi connectivity index (χ2v) is 4.94. The fourth-order valence-corrected chi connectivity index (χ4v) is 2.37. The van der Waals surface area contributed by atoms with Gasteiger partial charge in [0.05, 0.1) is 0 Å². The topological polar surface area (TPSA) is 17.1 Å². The molecule has 0 spiro atoms. The van der Waals surface area contributed by atoms with Gasteiger partial charge in [-0.3, -0.25) is 4.79 Å². The molecule has 0 heterocycles. The lowest BCUT2D eigenvalue weighted by Crippen LogP contribution is -2.41. The summed E-state index contributed by atoms with van der Waals surface area (Å²) < 4.78 is 0. The second kappa shape index (κ2) is 4.34. The highest BCUT2D eigenvalue weighted by molar-refractivity contribution is 5.99. The third-order valence-electron chi connectivity index (χ3n) is 4.16. The van der Waals surface area contributed by atoms with Crippen molar-refractivity contribution in [3.63, 3.8) is 0 Å². The Bertz CT molecular complexity index is 311. The molecule has 0 saturated carbocycles. The molecule has 1 nitrogen and oxygen atoms in total. The first-order valence-electron chi connectivity index (χ1n) is 5.79. The van der Waals surface area contributed by atoms with Gasteiger partial charge in [0, 0.05) is 5.41 Å². The lowest BCUT2D eigenvalue weighted by molar-refractivity contribution is -0.129. The monoisotopic (exact) mass is 206 g/mol. The highest BCUT2D eigenvalue weighted by atomic mass is 16.1. The molecule has 3 unspecified atom stereocenters. The summed E-state index contributed by atoms with van der Waals surface area (Å²) in [4.78, 5) is 12.4. The van der Waals surface area contributed by atoms with Gasteiger partial charge in [0.15, 0.2) is 5.78 Å². The van der Waals surface area contributed by atoms with Crippen molar-refractivity contribution in [1.29, 1.82) is 0 Å². The summed E-state index contributed by atoms with van der Waals surface area (Å²) in [6.07, 6.45) is 7.32. The Morgan fingerprint density at radius 1 is 1.47 bits per heavy atom. The first-order chi connectivity index (χ1) is 6.94. The van der Waals surface area contributed by atoms with Crippen molar-refractivity contribution in [1.82, 2.24) is 0 Å². The number of hydrogen-bond acceptors (Lipinski definition) is 1. The first kappa shape index (κ1) is 12.2. The molecule has 1 rings (SSSR count). The predicted molar refractivity (Wildman–Crippen MR) is 64.6 cm³/mol. The molecule has 0 saturated heterocycles. The number of ketones is 1. The Hall–Kier alpha value is -0.850. The van der Waals surface area contributed by atoms with Crippen LogP contribution in [0.3, 0.4) is 0 Å². The Kier molecular flexibility index (Phi) is 3.54. The zero-order valence-corrected chi connectivity index (χ0v) is 10.5. The highest BCUT2D eigenvalue weighted by Crippen LogP contribution is 2.43. The average Bonchev–Trinajstić information content (AvgIpc) is 2.23. The van der Waals surface area contributed by atoms with Crippen molar-refractivity contribution >= 4 is 5.78 Å². The zero-order chi connectivity index (χ0) is 11.6. The number of hydrogen-bond donors (Lipinski definition) is 0. The molecule has 0 bridgehead atoms. The van der Waals surface area contributed by atoms with E-state index in [9.17, 15) is 4.79 Å². The number of Topliss-reactive ketones (excluding diaryl/α,β-unsaturated/α-hetero) is 1. The predicted octanol–water partition coefficient (Wildman–Crippen LogP) is 3.76. The molecule has 0 fully saturated rings. The van der Waals surface area contributed by atoms with Crippen molar-refractivity contribution in [3.05, 3.63) is 23.8 Å². The van der Waals surface area contributed by atoms with Crippen molar-refractivity contribution in [2.75, 3.05) is 0 Å². The summed E-state index contributed by atoms with van der Waals surface area (Å²) in [6, 6.07) is 0. The van der Waals surface area contributed by atoms with Gasteiger partial charge in [-0.2, -0.15) is 0 Å². The summed E-state index contributed by atoms with van der Waals surface area (Å²) in [5.74, 6) is 1.08. The number of carbonyl (C=O) groups is 1. The van der Waals surface area contributed by atoms with Gasteiger partial charge in [0.25, 0.3) is 0 Å². The maximum Gasteiger partial charge on any atom is 0.164 e. The van der Waals surface area contributed by atoms with E-state index in [1.54, 1.807) is 0 Å². The van der Waals surface area contributed by atoms with Gasteiger partial charge in [-0.1, -0.05) is 39.0 Å². The van der Waals surface area contributed by atoms with Crippen molar-refractivity contribution in [2.45, 2.75) is 41.0 Å². The largest absolute Gasteiger partial charge is 0.294 e. The van der Waals surface area contributed by atoms with Crippen LogP contribution in [0.1, 0.15) is 41.0 Å². The smallest absolute Gasteiger partial charge is 0.164 e. The van der Waals surface area contributed by atoms with Crippen LogP contribution in [0.2, 0.25) is 0 Å². The average molecular weight is 206 g/mol. The van der Waals surface area contributed by atoms with Gasteiger partial charge in [-0.25, -0.2) is 0 Å². The number of rotatable bonds is 2. The van der Waals surface area contributed by atoms with E-state index in [1.807, 2.05) is 19.9 Å². The van der Waals surface area contributed by atoms with Crippen LogP contribution in [-0.4, -0.2) is 5.78 Å².